The Morgan fingerprint density at radius 1 is 0.340 bits per heavy atom. The molecule has 2 aromatic heterocycles. The number of furan rings is 2. The number of nitrogens with zero attached hydrogens (tertiary/aromatic N) is 1. The van der Waals surface area contributed by atoms with Crippen LogP contribution in [-0.2, 0) is 0 Å². The number of rotatable bonds is 5. The van der Waals surface area contributed by atoms with Crippen LogP contribution in [0.15, 0.2) is 197 Å². The van der Waals surface area contributed by atoms with Gasteiger partial charge in [-0.1, -0.05) is 127 Å². The van der Waals surface area contributed by atoms with Crippen molar-refractivity contribution in [3.63, 3.8) is 0 Å². The number of hydrogen-bond acceptors (Lipinski definition) is 3. The fourth-order valence-electron chi connectivity index (χ4n) is 8.12. The molecule has 0 atom stereocenters. The lowest BCUT2D eigenvalue weighted by Crippen LogP contribution is -2.11. The van der Waals surface area contributed by atoms with Crippen LogP contribution >= 0.6 is 0 Å². The van der Waals surface area contributed by atoms with Crippen molar-refractivity contribution in [3.8, 4) is 22.3 Å². The highest BCUT2D eigenvalue weighted by atomic mass is 16.3. The van der Waals surface area contributed by atoms with Crippen molar-refractivity contribution in [1.29, 1.82) is 0 Å². The van der Waals surface area contributed by atoms with E-state index in [9.17, 15) is 0 Å². The first-order chi connectivity index (χ1) is 26.3. The molecular formula is C50H31NO2. The summed E-state index contributed by atoms with van der Waals surface area (Å²) in [6.45, 7) is 0. The maximum absolute atomic E-state index is 6.67. The average Bonchev–Trinajstić information content (AvgIpc) is 3.80. The third-order valence-electron chi connectivity index (χ3n) is 10.7. The number of hydrogen-bond donors (Lipinski definition) is 0. The maximum Gasteiger partial charge on any atom is 0.143 e. The minimum absolute atomic E-state index is 0.863. The zero-order valence-corrected chi connectivity index (χ0v) is 28.7. The Balaban J connectivity index is 1.07. The van der Waals surface area contributed by atoms with Gasteiger partial charge in [0, 0.05) is 49.9 Å². The standard InChI is InChI=1S/C50H31NO2/c1-2-10-33(11-3-1)39-13-6-8-16-45(39)51(38-26-28-41-42-27-22-34-12-4-5-14-40(34)50(42)53-48(41)31-38)37-24-20-32(21-25-37)36-19-18-35-23-29-47-49(44(35)30-36)43-15-7-9-17-46(43)52-47/h1-31H. The average molecular weight is 678 g/mol. The van der Waals surface area contributed by atoms with Crippen molar-refractivity contribution >= 4 is 82.5 Å². The lowest BCUT2D eigenvalue weighted by atomic mass is 9.97. The van der Waals surface area contributed by atoms with Gasteiger partial charge in [0.2, 0.25) is 0 Å². The zero-order chi connectivity index (χ0) is 34.9. The van der Waals surface area contributed by atoms with Crippen molar-refractivity contribution in [3.05, 3.63) is 188 Å². The number of benzene rings is 9. The second-order valence-corrected chi connectivity index (χ2v) is 13.7. The van der Waals surface area contributed by atoms with Crippen LogP contribution in [0, 0.1) is 0 Å². The van der Waals surface area contributed by atoms with Gasteiger partial charge in [-0.25, -0.2) is 0 Å². The maximum atomic E-state index is 6.67. The van der Waals surface area contributed by atoms with E-state index in [0.717, 1.165) is 88.6 Å². The highest BCUT2D eigenvalue weighted by Crippen LogP contribution is 2.44. The minimum atomic E-state index is 0.863. The van der Waals surface area contributed by atoms with Gasteiger partial charge in [0.15, 0.2) is 0 Å². The summed E-state index contributed by atoms with van der Waals surface area (Å²) in [4.78, 5) is 2.35. The molecule has 11 aromatic rings. The Kier molecular flexibility index (Phi) is 6.55. The molecule has 3 heteroatoms. The summed E-state index contributed by atoms with van der Waals surface area (Å²) < 4.78 is 12.9. The molecule has 0 amide bonds. The molecule has 0 bridgehead atoms. The molecule has 248 valence electrons. The molecule has 3 nitrogen and oxygen atoms in total. The van der Waals surface area contributed by atoms with Gasteiger partial charge in [-0.05, 0) is 87.4 Å². The van der Waals surface area contributed by atoms with Gasteiger partial charge in [0.05, 0.1) is 5.69 Å². The first-order valence-corrected chi connectivity index (χ1v) is 18.0. The molecule has 0 aliphatic carbocycles. The lowest BCUT2D eigenvalue weighted by molar-refractivity contribution is 0.669. The first kappa shape index (κ1) is 29.6. The molecule has 2 heterocycles. The third kappa shape index (κ3) is 4.75. The number of fused-ring (bicyclic) bond motifs is 10. The second kappa shape index (κ2) is 11.7. The highest BCUT2D eigenvalue weighted by Gasteiger charge is 2.20. The van der Waals surface area contributed by atoms with Crippen LogP contribution in [0.1, 0.15) is 0 Å². The van der Waals surface area contributed by atoms with Crippen LogP contribution in [0.3, 0.4) is 0 Å². The first-order valence-electron chi connectivity index (χ1n) is 18.0. The van der Waals surface area contributed by atoms with Crippen molar-refractivity contribution in [2.75, 3.05) is 4.90 Å². The molecule has 0 unspecified atom stereocenters. The highest BCUT2D eigenvalue weighted by molar-refractivity contribution is 6.19. The molecule has 0 saturated heterocycles. The summed E-state index contributed by atoms with van der Waals surface area (Å²) in [5.74, 6) is 0. The van der Waals surface area contributed by atoms with E-state index in [1.54, 1.807) is 0 Å². The van der Waals surface area contributed by atoms with Crippen LogP contribution in [-0.4, -0.2) is 0 Å². The van der Waals surface area contributed by atoms with Gasteiger partial charge < -0.3 is 13.7 Å². The summed E-state index contributed by atoms with van der Waals surface area (Å²) in [6.07, 6.45) is 0. The second-order valence-electron chi connectivity index (χ2n) is 13.7. The Morgan fingerprint density at radius 3 is 1.92 bits per heavy atom. The molecule has 0 spiro atoms. The summed E-state index contributed by atoms with van der Waals surface area (Å²) >= 11 is 0. The van der Waals surface area contributed by atoms with E-state index in [-0.39, 0.29) is 0 Å². The fourth-order valence-corrected chi connectivity index (χ4v) is 8.12. The molecule has 0 radical (unpaired) electrons. The van der Waals surface area contributed by atoms with Crippen molar-refractivity contribution in [2.24, 2.45) is 0 Å². The molecule has 0 fully saturated rings. The summed E-state index contributed by atoms with van der Waals surface area (Å²) in [6, 6.07) is 66.8. The van der Waals surface area contributed by atoms with Gasteiger partial charge in [-0.15, -0.1) is 0 Å². The molecule has 0 aliphatic rings. The van der Waals surface area contributed by atoms with Crippen molar-refractivity contribution in [2.45, 2.75) is 0 Å². The lowest BCUT2D eigenvalue weighted by Gasteiger charge is -2.28. The number of para-hydroxylation sites is 2. The van der Waals surface area contributed by atoms with Crippen LogP contribution in [0.4, 0.5) is 17.1 Å². The SMILES string of the molecule is c1ccc(-c2ccccc2N(c2ccc(-c3ccc4ccc5oc6ccccc6c5c4c3)cc2)c2ccc3c(c2)oc2c4ccccc4ccc32)cc1. The molecule has 0 N–H and O–H groups in total. The molecule has 0 aliphatic heterocycles. The minimum Gasteiger partial charge on any atom is -0.456 e. The Hall–Kier alpha value is -7.10. The van der Waals surface area contributed by atoms with E-state index in [1.165, 1.54) is 16.2 Å². The van der Waals surface area contributed by atoms with Crippen LogP contribution in [0.2, 0.25) is 0 Å². The third-order valence-corrected chi connectivity index (χ3v) is 10.7. The van der Waals surface area contributed by atoms with E-state index in [1.807, 2.05) is 12.1 Å². The van der Waals surface area contributed by atoms with E-state index in [0.29, 0.717) is 0 Å². The molecule has 11 rings (SSSR count). The van der Waals surface area contributed by atoms with Crippen molar-refractivity contribution in [1.82, 2.24) is 0 Å². The fraction of sp³-hybridized carbons (Fsp3) is 0. The van der Waals surface area contributed by atoms with Gasteiger partial charge >= 0.3 is 0 Å². The molecule has 9 aromatic carbocycles. The van der Waals surface area contributed by atoms with Crippen LogP contribution in [0.5, 0.6) is 0 Å². The Bertz CT molecular complexity index is 3170. The molecule has 0 saturated carbocycles. The summed E-state index contributed by atoms with van der Waals surface area (Å²) in [7, 11) is 0. The topological polar surface area (TPSA) is 29.5 Å². The largest absolute Gasteiger partial charge is 0.456 e. The van der Waals surface area contributed by atoms with E-state index in [4.69, 9.17) is 8.83 Å². The summed E-state index contributed by atoms with van der Waals surface area (Å²) in [5.41, 5.74) is 11.4. The van der Waals surface area contributed by atoms with Crippen molar-refractivity contribution < 1.29 is 8.83 Å². The van der Waals surface area contributed by atoms with Gasteiger partial charge in [-0.3, -0.25) is 0 Å². The predicted octanol–water partition coefficient (Wildman–Crippen LogP) is 14.6. The Labute approximate surface area is 305 Å². The predicted molar refractivity (Wildman–Crippen MR) is 222 cm³/mol. The van der Waals surface area contributed by atoms with Gasteiger partial charge in [-0.2, -0.15) is 0 Å². The normalized spacial score (nSPS) is 11.8. The van der Waals surface area contributed by atoms with Gasteiger partial charge in [0.1, 0.15) is 22.3 Å². The monoisotopic (exact) mass is 677 g/mol. The van der Waals surface area contributed by atoms with Crippen LogP contribution < -0.4 is 4.90 Å². The van der Waals surface area contributed by atoms with E-state index >= 15 is 0 Å². The quantitative estimate of drug-likeness (QED) is 0.182. The molecule has 53 heavy (non-hydrogen) atoms. The smallest absolute Gasteiger partial charge is 0.143 e. The molecular weight excluding hydrogens is 647 g/mol. The number of anilines is 3. The van der Waals surface area contributed by atoms with E-state index in [2.05, 4.69) is 181 Å². The van der Waals surface area contributed by atoms with Crippen LogP contribution in [0.25, 0.3) is 87.7 Å². The summed E-state index contributed by atoms with van der Waals surface area (Å²) in [5, 5.41) is 9.23. The zero-order valence-electron chi connectivity index (χ0n) is 28.7. The van der Waals surface area contributed by atoms with Gasteiger partial charge in [0.25, 0.3) is 0 Å². The van der Waals surface area contributed by atoms with E-state index < -0.39 is 0 Å². The Morgan fingerprint density at radius 2 is 1.02 bits per heavy atom.